The molecule has 2 rings (SSSR count). The summed E-state index contributed by atoms with van der Waals surface area (Å²) in [6, 6.07) is 4.51. The lowest BCUT2D eigenvalue weighted by molar-refractivity contribution is -0.148. The normalized spacial score (nSPS) is 17.5. The van der Waals surface area contributed by atoms with Gasteiger partial charge in [-0.15, -0.1) is 11.8 Å². The molecule has 0 radical (unpaired) electrons. The van der Waals surface area contributed by atoms with Crippen LogP contribution in [0.2, 0.25) is 0 Å². The fourth-order valence-corrected chi connectivity index (χ4v) is 3.03. The highest BCUT2D eigenvalue weighted by molar-refractivity contribution is 7.99. The summed E-state index contributed by atoms with van der Waals surface area (Å²) >= 11 is 1.80. The number of thioether (sulfide) groups is 1. The predicted molar refractivity (Wildman–Crippen MR) is 80.8 cm³/mol. The van der Waals surface area contributed by atoms with Crippen molar-refractivity contribution in [1.29, 1.82) is 0 Å². The van der Waals surface area contributed by atoms with Crippen molar-refractivity contribution in [1.82, 2.24) is 10.3 Å². The quantitative estimate of drug-likeness (QED) is 0.454. The maximum Gasteiger partial charge on any atom is 0.325 e. The highest BCUT2D eigenvalue weighted by atomic mass is 32.2. The second-order valence-electron chi connectivity index (χ2n) is 5.38. The summed E-state index contributed by atoms with van der Waals surface area (Å²) in [5, 5.41) is 3.42. The third-order valence-corrected chi connectivity index (χ3v) is 4.57. The zero-order chi connectivity index (χ0) is 14.4. The topological polar surface area (TPSA) is 51.2 Å². The van der Waals surface area contributed by atoms with E-state index in [2.05, 4.69) is 10.3 Å². The number of carbonyl (C=O) groups excluding carboxylic acids is 1. The van der Waals surface area contributed by atoms with E-state index in [0.717, 1.165) is 18.6 Å². The van der Waals surface area contributed by atoms with Gasteiger partial charge in [-0.05, 0) is 50.5 Å². The van der Waals surface area contributed by atoms with E-state index in [9.17, 15) is 4.79 Å². The third-order valence-electron chi connectivity index (χ3n) is 3.48. The first-order chi connectivity index (χ1) is 9.64. The minimum absolute atomic E-state index is 0.154. The van der Waals surface area contributed by atoms with Crippen molar-refractivity contribution < 1.29 is 9.53 Å². The maximum absolute atomic E-state index is 12.0. The summed E-state index contributed by atoms with van der Waals surface area (Å²) in [4.78, 5) is 17.2. The molecule has 1 atom stereocenters. The van der Waals surface area contributed by atoms with Gasteiger partial charge >= 0.3 is 5.97 Å². The Labute approximate surface area is 124 Å². The molecular weight excluding hydrogens is 272 g/mol. The van der Waals surface area contributed by atoms with Gasteiger partial charge in [0.25, 0.3) is 0 Å². The largest absolute Gasteiger partial charge is 0.468 e. The number of hydrogen-bond acceptors (Lipinski definition) is 5. The van der Waals surface area contributed by atoms with Crippen molar-refractivity contribution in [2.45, 2.75) is 49.1 Å². The summed E-state index contributed by atoms with van der Waals surface area (Å²) in [5.41, 5.74) is -0.547. The van der Waals surface area contributed by atoms with E-state index in [1.54, 1.807) is 24.2 Å². The molecule has 20 heavy (non-hydrogen) atoms. The Morgan fingerprint density at radius 3 is 2.80 bits per heavy atom. The summed E-state index contributed by atoms with van der Waals surface area (Å²) in [7, 11) is 1.46. The van der Waals surface area contributed by atoms with Gasteiger partial charge in [-0.2, -0.15) is 0 Å². The molecule has 0 spiro atoms. The van der Waals surface area contributed by atoms with E-state index in [1.807, 2.05) is 19.1 Å². The first kappa shape index (κ1) is 15.3. The van der Waals surface area contributed by atoms with Crippen molar-refractivity contribution in [3.63, 3.8) is 0 Å². The van der Waals surface area contributed by atoms with E-state index < -0.39 is 5.54 Å². The van der Waals surface area contributed by atoms with Gasteiger partial charge in [-0.25, -0.2) is 0 Å². The fourth-order valence-electron chi connectivity index (χ4n) is 2.19. The molecule has 110 valence electrons. The second kappa shape index (κ2) is 7.09. The van der Waals surface area contributed by atoms with Gasteiger partial charge in [0.05, 0.1) is 7.11 Å². The number of methoxy groups -OCH3 is 1. The highest BCUT2D eigenvalue weighted by Gasteiger charge is 2.38. The van der Waals surface area contributed by atoms with Crippen LogP contribution < -0.4 is 5.32 Å². The molecule has 0 aliphatic heterocycles. The molecule has 1 saturated carbocycles. The van der Waals surface area contributed by atoms with Gasteiger partial charge in [0.1, 0.15) is 5.54 Å². The van der Waals surface area contributed by atoms with Crippen LogP contribution in [0.3, 0.4) is 0 Å². The zero-order valence-corrected chi connectivity index (χ0v) is 12.9. The fraction of sp³-hybridized carbons (Fsp3) is 0.600. The zero-order valence-electron chi connectivity index (χ0n) is 12.1. The summed E-state index contributed by atoms with van der Waals surface area (Å²) in [6.07, 6.45) is 7.70. The third kappa shape index (κ3) is 4.49. The molecular formula is C15H22N2O2S. The molecule has 5 heteroatoms. The van der Waals surface area contributed by atoms with E-state index in [1.165, 1.54) is 24.8 Å². The van der Waals surface area contributed by atoms with E-state index in [-0.39, 0.29) is 5.97 Å². The molecule has 4 nitrogen and oxygen atoms in total. The van der Waals surface area contributed by atoms with Gasteiger partial charge in [0.15, 0.2) is 0 Å². The van der Waals surface area contributed by atoms with Gasteiger partial charge in [0, 0.05) is 23.3 Å². The van der Waals surface area contributed by atoms with Crippen LogP contribution in [0.25, 0.3) is 0 Å². The van der Waals surface area contributed by atoms with Crippen LogP contribution in [-0.4, -0.2) is 35.4 Å². The Kier molecular flexibility index (Phi) is 5.43. The highest BCUT2D eigenvalue weighted by Crippen LogP contribution is 2.27. The van der Waals surface area contributed by atoms with Crippen molar-refractivity contribution in [3.8, 4) is 0 Å². The number of esters is 1. The number of carbonyl (C=O) groups is 1. The number of rotatable bonds is 8. The molecule has 1 aliphatic carbocycles. The average molecular weight is 294 g/mol. The van der Waals surface area contributed by atoms with Gasteiger partial charge in [-0.1, -0.05) is 0 Å². The first-order valence-corrected chi connectivity index (χ1v) is 8.01. The van der Waals surface area contributed by atoms with Crippen molar-refractivity contribution in [3.05, 3.63) is 24.5 Å². The average Bonchev–Trinajstić information content (AvgIpc) is 3.27. The molecule has 1 fully saturated rings. The van der Waals surface area contributed by atoms with Gasteiger partial charge in [-0.3, -0.25) is 15.1 Å². The Morgan fingerprint density at radius 2 is 2.20 bits per heavy atom. The second-order valence-corrected chi connectivity index (χ2v) is 6.55. The predicted octanol–water partition coefficient (Wildman–Crippen LogP) is 2.64. The standard InChI is InChI=1S/C15H22N2O2S/c1-15(14(18)19-2,17-12-4-5-12)8-3-11-20-13-6-9-16-10-7-13/h6-7,9-10,12,17H,3-5,8,11H2,1-2H3. The first-order valence-electron chi connectivity index (χ1n) is 7.03. The number of pyridine rings is 1. The lowest BCUT2D eigenvalue weighted by Crippen LogP contribution is -2.51. The summed E-state index contributed by atoms with van der Waals surface area (Å²) in [6.45, 7) is 1.95. The molecule has 1 aromatic heterocycles. The van der Waals surface area contributed by atoms with E-state index in [0.29, 0.717) is 6.04 Å². The van der Waals surface area contributed by atoms with E-state index in [4.69, 9.17) is 4.74 Å². The Morgan fingerprint density at radius 1 is 1.50 bits per heavy atom. The lowest BCUT2D eigenvalue weighted by Gasteiger charge is -2.28. The number of aromatic nitrogens is 1. The minimum Gasteiger partial charge on any atom is -0.468 e. The Hall–Kier alpha value is -1.07. The molecule has 1 heterocycles. The number of hydrogen-bond donors (Lipinski definition) is 1. The van der Waals surface area contributed by atoms with Crippen LogP contribution in [0, 0.1) is 0 Å². The molecule has 0 amide bonds. The van der Waals surface area contributed by atoms with Crippen LogP contribution in [0.1, 0.15) is 32.6 Å². The summed E-state index contributed by atoms with van der Waals surface area (Å²) < 4.78 is 4.94. The Balaban J connectivity index is 1.78. The smallest absolute Gasteiger partial charge is 0.325 e. The van der Waals surface area contributed by atoms with Gasteiger partial charge in [0.2, 0.25) is 0 Å². The number of ether oxygens (including phenoxy) is 1. The maximum atomic E-state index is 12.0. The number of nitrogens with zero attached hydrogens (tertiary/aromatic N) is 1. The van der Waals surface area contributed by atoms with Crippen LogP contribution >= 0.6 is 11.8 Å². The molecule has 0 bridgehead atoms. The molecule has 1 aromatic rings. The monoisotopic (exact) mass is 294 g/mol. The molecule has 1 aliphatic rings. The van der Waals surface area contributed by atoms with E-state index >= 15 is 0 Å². The van der Waals surface area contributed by atoms with Crippen molar-refractivity contribution >= 4 is 17.7 Å². The molecule has 1 N–H and O–H groups in total. The van der Waals surface area contributed by atoms with Crippen molar-refractivity contribution in [2.75, 3.05) is 12.9 Å². The number of nitrogens with one attached hydrogen (secondary N) is 1. The molecule has 0 aromatic carbocycles. The van der Waals surface area contributed by atoms with Crippen molar-refractivity contribution in [2.24, 2.45) is 0 Å². The van der Waals surface area contributed by atoms with Crippen LogP contribution in [-0.2, 0) is 9.53 Å². The lowest BCUT2D eigenvalue weighted by atomic mass is 9.96. The Bertz CT molecular complexity index is 437. The summed E-state index contributed by atoms with van der Waals surface area (Å²) in [5.74, 6) is 0.835. The van der Waals surface area contributed by atoms with Crippen LogP contribution in [0.4, 0.5) is 0 Å². The SMILES string of the molecule is COC(=O)C(C)(CCCSc1ccncc1)NC1CC1. The minimum atomic E-state index is -0.547. The van der Waals surface area contributed by atoms with Crippen LogP contribution in [0.5, 0.6) is 0 Å². The van der Waals surface area contributed by atoms with Crippen LogP contribution in [0.15, 0.2) is 29.4 Å². The van der Waals surface area contributed by atoms with Gasteiger partial charge < -0.3 is 4.74 Å². The molecule has 0 saturated heterocycles. The molecule has 1 unspecified atom stereocenters.